The summed E-state index contributed by atoms with van der Waals surface area (Å²) >= 11 is 0. The highest BCUT2D eigenvalue weighted by molar-refractivity contribution is 5.89. The van der Waals surface area contributed by atoms with Crippen LogP contribution in [0.5, 0.6) is 5.75 Å². The zero-order valence-corrected chi connectivity index (χ0v) is 12.2. The minimum atomic E-state index is -0.935. The zero-order valence-electron chi connectivity index (χ0n) is 12.2. The number of ether oxygens (including phenoxy) is 1. The van der Waals surface area contributed by atoms with E-state index in [4.69, 9.17) is 9.84 Å². The fourth-order valence-electron chi connectivity index (χ4n) is 1.99. The van der Waals surface area contributed by atoms with E-state index in [1.54, 1.807) is 18.2 Å². The molecule has 21 heavy (non-hydrogen) atoms. The topological polar surface area (TPSA) is 46.5 Å². The third-order valence-corrected chi connectivity index (χ3v) is 3.32. The molecule has 2 rings (SSSR count). The van der Waals surface area contributed by atoms with Gasteiger partial charge in [0.1, 0.15) is 12.4 Å². The molecule has 0 atom stereocenters. The van der Waals surface area contributed by atoms with E-state index in [-0.39, 0.29) is 5.56 Å². The maximum atomic E-state index is 11.1. The Kier molecular flexibility index (Phi) is 4.77. The Bertz CT molecular complexity index is 657. The van der Waals surface area contributed by atoms with Crippen LogP contribution < -0.4 is 4.74 Å². The number of carboxylic acids is 1. The predicted molar refractivity (Wildman–Crippen MR) is 83.5 cm³/mol. The van der Waals surface area contributed by atoms with Gasteiger partial charge in [0, 0.05) is 5.56 Å². The standard InChI is InChI=1S/C18H18O3/c1-3-13(2)16-11-15(18(19)20)9-10-17(16)21-12-14-7-5-4-6-8-14/h3-11H,12H2,1-2H3,(H,19,20). The van der Waals surface area contributed by atoms with Crippen LogP contribution in [0.2, 0.25) is 0 Å². The third-order valence-electron chi connectivity index (χ3n) is 3.32. The van der Waals surface area contributed by atoms with Gasteiger partial charge >= 0.3 is 5.97 Å². The number of carboxylic acid groups (broad SMARTS) is 1. The lowest BCUT2D eigenvalue weighted by Crippen LogP contribution is -2.01. The Morgan fingerprint density at radius 1 is 1.19 bits per heavy atom. The van der Waals surface area contributed by atoms with Gasteiger partial charge in [-0.2, -0.15) is 0 Å². The average molecular weight is 282 g/mol. The van der Waals surface area contributed by atoms with E-state index >= 15 is 0 Å². The molecule has 3 nitrogen and oxygen atoms in total. The Morgan fingerprint density at radius 3 is 2.52 bits per heavy atom. The molecule has 0 aliphatic carbocycles. The van der Waals surface area contributed by atoms with Gasteiger partial charge in [0.25, 0.3) is 0 Å². The molecule has 0 aliphatic rings. The molecule has 2 aromatic rings. The summed E-state index contributed by atoms with van der Waals surface area (Å²) in [5, 5.41) is 9.10. The molecule has 3 heteroatoms. The van der Waals surface area contributed by atoms with Crippen molar-refractivity contribution in [2.75, 3.05) is 0 Å². The molecule has 0 amide bonds. The maximum Gasteiger partial charge on any atom is 0.335 e. The molecular weight excluding hydrogens is 264 g/mol. The van der Waals surface area contributed by atoms with Crippen molar-refractivity contribution in [1.29, 1.82) is 0 Å². The highest BCUT2D eigenvalue weighted by atomic mass is 16.5. The predicted octanol–water partition coefficient (Wildman–Crippen LogP) is 4.39. The van der Waals surface area contributed by atoms with Crippen molar-refractivity contribution in [2.24, 2.45) is 0 Å². The molecule has 1 N–H and O–H groups in total. The van der Waals surface area contributed by atoms with Crippen LogP contribution in [0.15, 0.2) is 54.6 Å². The minimum absolute atomic E-state index is 0.262. The van der Waals surface area contributed by atoms with Crippen molar-refractivity contribution in [3.05, 3.63) is 71.3 Å². The number of allylic oxidation sites excluding steroid dienone is 2. The lowest BCUT2D eigenvalue weighted by Gasteiger charge is -2.13. The number of aromatic carboxylic acids is 1. The van der Waals surface area contributed by atoms with Gasteiger partial charge < -0.3 is 9.84 Å². The molecule has 0 saturated heterocycles. The fraction of sp³-hybridized carbons (Fsp3) is 0.167. The number of benzene rings is 2. The molecule has 0 aliphatic heterocycles. The first-order chi connectivity index (χ1) is 10.1. The van der Waals surface area contributed by atoms with Gasteiger partial charge in [-0.3, -0.25) is 0 Å². The van der Waals surface area contributed by atoms with Gasteiger partial charge in [-0.15, -0.1) is 0 Å². The molecule has 0 unspecified atom stereocenters. The summed E-state index contributed by atoms with van der Waals surface area (Å²) in [6, 6.07) is 14.8. The monoisotopic (exact) mass is 282 g/mol. The first-order valence-electron chi connectivity index (χ1n) is 6.79. The number of hydrogen-bond acceptors (Lipinski definition) is 2. The number of rotatable bonds is 5. The quantitative estimate of drug-likeness (QED) is 0.884. The van der Waals surface area contributed by atoms with Crippen molar-refractivity contribution in [3.63, 3.8) is 0 Å². The number of carbonyl (C=O) groups is 1. The highest BCUT2D eigenvalue weighted by Gasteiger charge is 2.10. The summed E-state index contributed by atoms with van der Waals surface area (Å²) in [6.45, 7) is 4.32. The molecule has 0 spiro atoms. The van der Waals surface area contributed by atoms with E-state index in [1.807, 2.05) is 50.3 Å². The molecule has 0 aromatic heterocycles. The van der Waals surface area contributed by atoms with Crippen molar-refractivity contribution in [2.45, 2.75) is 20.5 Å². The summed E-state index contributed by atoms with van der Waals surface area (Å²) in [5.74, 6) is -0.241. The van der Waals surface area contributed by atoms with Gasteiger partial charge in [0.05, 0.1) is 5.56 Å². The molecule has 108 valence electrons. The van der Waals surface area contributed by atoms with Gasteiger partial charge in [-0.25, -0.2) is 4.79 Å². The van der Waals surface area contributed by atoms with Gasteiger partial charge in [0.2, 0.25) is 0 Å². The van der Waals surface area contributed by atoms with Crippen LogP contribution in [-0.4, -0.2) is 11.1 Å². The van der Waals surface area contributed by atoms with E-state index in [9.17, 15) is 4.79 Å². The van der Waals surface area contributed by atoms with Crippen LogP contribution in [0, 0.1) is 0 Å². The zero-order chi connectivity index (χ0) is 15.2. The van der Waals surface area contributed by atoms with Crippen molar-refractivity contribution in [1.82, 2.24) is 0 Å². The molecule has 2 aromatic carbocycles. The van der Waals surface area contributed by atoms with E-state index < -0.39 is 5.97 Å². The second-order valence-corrected chi connectivity index (χ2v) is 4.76. The second kappa shape index (κ2) is 6.75. The minimum Gasteiger partial charge on any atom is -0.488 e. The van der Waals surface area contributed by atoms with Crippen LogP contribution in [0.25, 0.3) is 5.57 Å². The first kappa shape index (κ1) is 14.9. The second-order valence-electron chi connectivity index (χ2n) is 4.76. The van der Waals surface area contributed by atoms with E-state index in [2.05, 4.69) is 0 Å². The van der Waals surface area contributed by atoms with Crippen LogP contribution in [-0.2, 0) is 6.61 Å². The van der Waals surface area contributed by atoms with Crippen LogP contribution in [0.1, 0.15) is 35.3 Å². The molecule has 0 fully saturated rings. The average Bonchev–Trinajstić information content (AvgIpc) is 2.52. The summed E-state index contributed by atoms with van der Waals surface area (Å²) in [6.07, 6.45) is 1.94. The lowest BCUT2D eigenvalue weighted by atomic mass is 10.0. The van der Waals surface area contributed by atoms with Crippen LogP contribution in [0.4, 0.5) is 0 Å². The smallest absolute Gasteiger partial charge is 0.335 e. The lowest BCUT2D eigenvalue weighted by molar-refractivity contribution is 0.0697. The van der Waals surface area contributed by atoms with E-state index in [0.29, 0.717) is 12.4 Å². The summed E-state index contributed by atoms with van der Waals surface area (Å²) in [5.41, 5.74) is 3.14. The van der Waals surface area contributed by atoms with E-state index in [0.717, 1.165) is 16.7 Å². The summed E-state index contributed by atoms with van der Waals surface area (Å²) in [7, 11) is 0. The molecule has 0 heterocycles. The summed E-state index contributed by atoms with van der Waals surface area (Å²) < 4.78 is 5.85. The fourth-order valence-corrected chi connectivity index (χ4v) is 1.99. The van der Waals surface area contributed by atoms with E-state index in [1.165, 1.54) is 0 Å². The molecular formula is C18H18O3. The first-order valence-corrected chi connectivity index (χ1v) is 6.79. The van der Waals surface area contributed by atoms with Crippen molar-refractivity contribution in [3.8, 4) is 5.75 Å². The highest BCUT2D eigenvalue weighted by Crippen LogP contribution is 2.28. The summed E-state index contributed by atoms with van der Waals surface area (Å²) in [4.78, 5) is 11.1. The van der Waals surface area contributed by atoms with Gasteiger partial charge in [0.15, 0.2) is 0 Å². The molecule has 0 bridgehead atoms. The molecule has 0 radical (unpaired) electrons. The van der Waals surface area contributed by atoms with Crippen molar-refractivity contribution >= 4 is 11.5 Å². The Balaban J connectivity index is 2.28. The normalized spacial score (nSPS) is 11.2. The number of hydrogen-bond donors (Lipinski definition) is 1. The Labute approximate surface area is 124 Å². The van der Waals surface area contributed by atoms with Crippen LogP contribution in [0.3, 0.4) is 0 Å². The van der Waals surface area contributed by atoms with Crippen molar-refractivity contribution < 1.29 is 14.6 Å². The third kappa shape index (κ3) is 3.72. The Hall–Kier alpha value is -2.55. The SMILES string of the molecule is CC=C(C)c1cc(C(=O)O)ccc1OCc1ccccc1. The molecule has 0 saturated carbocycles. The Morgan fingerprint density at radius 2 is 1.90 bits per heavy atom. The van der Waals surface area contributed by atoms with Gasteiger partial charge in [-0.05, 0) is 43.2 Å². The maximum absolute atomic E-state index is 11.1. The van der Waals surface area contributed by atoms with Gasteiger partial charge in [-0.1, -0.05) is 36.4 Å². The largest absolute Gasteiger partial charge is 0.488 e. The van der Waals surface area contributed by atoms with Crippen LogP contribution >= 0.6 is 0 Å².